The molecule has 1 heterocycles. The number of para-hydroxylation sites is 2. The van der Waals surface area contributed by atoms with E-state index in [1.54, 1.807) is 0 Å². The Morgan fingerprint density at radius 2 is 1.76 bits per heavy atom. The number of carbonyl (C=O) groups excluding carboxylic acids is 1. The van der Waals surface area contributed by atoms with Gasteiger partial charge in [0, 0.05) is 19.6 Å². The molecule has 0 bridgehead atoms. The summed E-state index contributed by atoms with van der Waals surface area (Å²) in [6.45, 7) is 7.45. The number of nitrogens with zero attached hydrogens (tertiary/aromatic N) is 2. The average Bonchev–Trinajstić information content (AvgIpc) is 2.94. The van der Waals surface area contributed by atoms with Crippen LogP contribution in [0, 0.1) is 5.82 Å². The molecule has 1 N–H and O–H groups in total. The Balaban J connectivity index is 1.48. The van der Waals surface area contributed by atoms with Gasteiger partial charge in [-0.15, -0.1) is 0 Å². The predicted molar refractivity (Wildman–Crippen MR) is 114 cm³/mol. The Morgan fingerprint density at radius 1 is 1.03 bits per heavy atom. The maximum absolute atomic E-state index is 13.1. The highest BCUT2D eigenvalue weighted by molar-refractivity contribution is 5.93. The van der Waals surface area contributed by atoms with E-state index in [9.17, 15) is 9.18 Å². The third-order valence-corrected chi connectivity index (χ3v) is 4.99. The van der Waals surface area contributed by atoms with Crippen LogP contribution in [-0.2, 0) is 11.3 Å². The van der Waals surface area contributed by atoms with Crippen molar-refractivity contribution >= 4 is 11.6 Å². The van der Waals surface area contributed by atoms with Crippen LogP contribution < -0.4 is 10.1 Å². The molecule has 1 saturated heterocycles. The van der Waals surface area contributed by atoms with Gasteiger partial charge < -0.3 is 10.1 Å². The molecule has 6 heteroatoms. The van der Waals surface area contributed by atoms with E-state index in [0.29, 0.717) is 18.9 Å². The molecule has 1 amide bonds. The monoisotopic (exact) mass is 399 g/mol. The number of anilines is 1. The summed E-state index contributed by atoms with van der Waals surface area (Å²) < 4.78 is 18.8. The topological polar surface area (TPSA) is 44.8 Å². The molecule has 0 saturated carbocycles. The van der Waals surface area contributed by atoms with E-state index in [-0.39, 0.29) is 11.7 Å². The predicted octanol–water partition coefficient (Wildman–Crippen LogP) is 3.76. The molecule has 1 aliphatic rings. The van der Waals surface area contributed by atoms with Gasteiger partial charge in [-0.25, -0.2) is 4.39 Å². The van der Waals surface area contributed by atoms with Gasteiger partial charge in [0.15, 0.2) is 0 Å². The number of carbonyl (C=O) groups is 1. The third kappa shape index (κ3) is 6.84. The van der Waals surface area contributed by atoms with Crippen LogP contribution in [0.2, 0.25) is 0 Å². The molecule has 2 aromatic rings. The first-order chi connectivity index (χ1) is 14.1. The maximum Gasteiger partial charge on any atom is 0.238 e. The average molecular weight is 400 g/mol. The van der Waals surface area contributed by atoms with E-state index in [4.69, 9.17) is 4.74 Å². The van der Waals surface area contributed by atoms with E-state index < -0.39 is 0 Å². The van der Waals surface area contributed by atoms with Crippen LogP contribution in [0.15, 0.2) is 48.5 Å². The highest BCUT2D eigenvalue weighted by atomic mass is 19.1. The zero-order chi connectivity index (χ0) is 20.5. The molecule has 0 spiro atoms. The van der Waals surface area contributed by atoms with Crippen LogP contribution in [0.1, 0.15) is 25.3 Å². The Kier molecular flexibility index (Phi) is 8.02. The Hall–Kier alpha value is -2.44. The van der Waals surface area contributed by atoms with Crippen molar-refractivity contribution < 1.29 is 13.9 Å². The van der Waals surface area contributed by atoms with Crippen molar-refractivity contribution in [3.8, 4) is 5.75 Å². The van der Waals surface area contributed by atoms with Gasteiger partial charge in [-0.05, 0) is 55.8 Å². The number of hydrogen-bond donors (Lipinski definition) is 1. The van der Waals surface area contributed by atoms with E-state index in [2.05, 4.69) is 22.0 Å². The number of ether oxygens (including phenoxy) is 1. The minimum atomic E-state index is -0.205. The van der Waals surface area contributed by atoms with Crippen LogP contribution >= 0.6 is 0 Å². The normalized spacial score (nSPS) is 15.7. The van der Waals surface area contributed by atoms with Crippen molar-refractivity contribution in [2.75, 3.05) is 44.6 Å². The fraction of sp³-hybridized carbons (Fsp3) is 0.435. The quantitative estimate of drug-likeness (QED) is 0.734. The van der Waals surface area contributed by atoms with Gasteiger partial charge in [-0.3, -0.25) is 14.6 Å². The molecule has 1 aliphatic heterocycles. The number of amides is 1. The van der Waals surface area contributed by atoms with Crippen molar-refractivity contribution in [2.45, 2.75) is 26.3 Å². The van der Waals surface area contributed by atoms with E-state index >= 15 is 0 Å². The second kappa shape index (κ2) is 10.9. The van der Waals surface area contributed by atoms with Gasteiger partial charge in [0.1, 0.15) is 11.6 Å². The number of hydrogen-bond acceptors (Lipinski definition) is 4. The summed E-state index contributed by atoms with van der Waals surface area (Å²) >= 11 is 0. The van der Waals surface area contributed by atoms with Crippen molar-refractivity contribution in [2.24, 2.45) is 0 Å². The molecular weight excluding hydrogens is 369 g/mol. The second-order valence-electron chi connectivity index (χ2n) is 7.43. The van der Waals surface area contributed by atoms with Crippen molar-refractivity contribution in [3.05, 3.63) is 59.9 Å². The van der Waals surface area contributed by atoms with Gasteiger partial charge in [0.25, 0.3) is 0 Å². The largest absolute Gasteiger partial charge is 0.491 e. The molecule has 2 aromatic carbocycles. The molecule has 0 atom stereocenters. The molecule has 0 unspecified atom stereocenters. The number of benzene rings is 2. The Bertz CT molecular complexity index is 782. The van der Waals surface area contributed by atoms with Gasteiger partial charge in [-0.2, -0.15) is 0 Å². The van der Waals surface area contributed by atoms with Gasteiger partial charge in [0.2, 0.25) is 5.91 Å². The first-order valence-electron chi connectivity index (χ1n) is 10.3. The zero-order valence-electron chi connectivity index (χ0n) is 17.1. The van der Waals surface area contributed by atoms with Gasteiger partial charge in [-0.1, -0.05) is 31.2 Å². The fourth-order valence-electron chi connectivity index (χ4n) is 3.49. The van der Waals surface area contributed by atoms with E-state index in [0.717, 1.165) is 56.8 Å². The summed E-state index contributed by atoms with van der Waals surface area (Å²) in [5.41, 5.74) is 1.83. The molecule has 0 radical (unpaired) electrons. The molecule has 29 heavy (non-hydrogen) atoms. The summed E-state index contributed by atoms with van der Waals surface area (Å²) in [6, 6.07) is 14.2. The lowest BCUT2D eigenvalue weighted by Crippen LogP contribution is -2.36. The highest BCUT2D eigenvalue weighted by Gasteiger charge is 2.18. The van der Waals surface area contributed by atoms with Crippen molar-refractivity contribution in [1.29, 1.82) is 0 Å². The Morgan fingerprint density at radius 3 is 2.55 bits per heavy atom. The lowest BCUT2D eigenvalue weighted by atomic mass is 10.2. The molecule has 3 rings (SSSR count). The summed E-state index contributed by atoms with van der Waals surface area (Å²) in [5.74, 6) is 0.483. The standard InChI is InChI=1S/C23H30FN3O2/c1-2-16-29-22-7-4-3-6-21(22)25-23(28)18-27-13-5-12-26(14-15-27)17-19-8-10-20(24)11-9-19/h3-4,6-11H,2,5,12-18H2,1H3,(H,25,28). The molecule has 0 aromatic heterocycles. The SMILES string of the molecule is CCCOc1ccccc1NC(=O)CN1CCCN(Cc2ccc(F)cc2)CC1. The lowest BCUT2D eigenvalue weighted by Gasteiger charge is -2.21. The van der Waals surface area contributed by atoms with Crippen molar-refractivity contribution in [1.82, 2.24) is 9.80 Å². The van der Waals surface area contributed by atoms with Crippen LogP contribution in [0.3, 0.4) is 0 Å². The van der Waals surface area contributed by atoms with Gasteiger partial charge >= 0.3 is 0 Å². The van der Waals surface area contributed by atoms with Crippen LogP contribution in [0.5, 0.6) is 5.75 Å². The second-order valence-corrected chi connectivity index (χ2v) is 7.43. The first kappa shape index (κ1) is 21.3. The van der Waals surface area contributed by atoms with E-state index in [1.165, 1.54) is 12.1 Å². The van der Waals surface area contributed by atoms with Crippen LogP contribution in [0.4, 0.5) is 10.1 Å². The number of nitrogens with one attached hydrogen (secondary N) is 1. The number of halogens is 1. The summed E-state index contributed by atoms with van der Waals surface area (Å²) in [6.07, 6.45) is 1.93. The molecule has 5 nitrogen and oxygen atoms in total. The van der Waals surface area contributed by atoms with Crippen LogP contribution in [0.25, 0.3) is 0 Å². The van der Waals surface area contributed by atoms with Gasteiger partial charge in [0.05, 0.1) is 18.8 Å². The first-order valence-corrected chi connectivity index (χ1v) is 10.3. The number of rotatable bonds is 8. The Labute approximate surface area is 172 Å². The zero-order valence-corrected chi connectivity index (χ0v) is 17.1. The summed E-state index contributed by atoms with van der Waals surface area (Å²) in [4.78, 5) is 17.1. The highest BCUT2D eigenvalue weighted by Crippen LogP contribution is 2.23. The summed E-state index contributed by atoms with van der Waals surface area (Å²) in [5, 5.41) is 2.99. The molecule has 156 valence electrons. The fourth-order valence-corrected chi connectivity index (χ4v) is 3.49. The molecule has 0 aliphatic carbocycles. The summed E-state index contributed by atoms with van der Waals surface area (Å²) in [7, 11) is 0. The van der Waals surface area contributed by atoms with Crippen molar-refractivity contribution in [3.63, 3.8) is 0 Å². The molecular formula is C23H30FN3O2. The van der Waals surface area contributed by atoms with E-state index in [1.807, 2.05) is 36.4 Å². The minimum Gasteiger partial charge on any atom is -0.491 e. The minimum absolute atomic E-state index is 0.0236. The smallest absolute Gasteiger partial charge is 0.238 e. The molecule has 1 fully saturated rings. The lowest BCUT2D eigenvalue weighted by molar-refractivity contribution is -0.117. The van der Waals surface area contributed by atoms with Crippen LogP contribution in [-0.4, -0.2) is 55.0 Å². The third-order valence-electron chi connectivity index (χ3n) is 4.99. The maximum atomic E-state index is 13.1.